The van der Waals surface area contributed by atoms with E-state index in [9.17, 15) is 24.9 Å². The van der Waals surface area contributed by atoms with Crippen LogP contribution < -0.4 is 5.32 Å². The summed E-state index contributed by atoms with van der Waals surface area (Å²) in [5, 5.41) is 44.3. The molecule has 43 heavy (non-hydrogen) atoms. The molecule has 0 unspecified atom stereocenters. The van der Waals surface area contributed by atoms with Gasteiger partial charge in [-0.05, 0) is 18.1 Å². The second-order valence-electron chi connectivity index (χ2n) is 11.6. The van der Waals surface area contributed by atoms with E-state index in [1.807, 2.05) is 54.6 Å². The fourth-order valence-electron chi connectivity index (χ4n) is 6.20. The van der Waals surface area contributed by atoms with Crippen molar-refractivity contribution in [1.29, 1.82) is 0 Å². The normalized spacial score (nSPS) is 23.0. The minimum absolute atomic E-state index is 0.289. The average Bonchev–Trinajstić information content (AvgIpc) is 3.65. The first-order valence-corrected chi connectivity index (χ1v) is 15.6. The molecule has 0 atom stereocenters. The Bertz CT molecular complexity index is 1630. The van der Waals surface area contributed by atoms with Gasteiger partial charge in [-0.1, -0.05) is 54.6 Å². The second-order valence-corrected chi connectivity index (χ2v) is 13.6. The molecule has 2 aromatic heterocycles. The number of rotatable bonds is 7. The Hall–Kier alpha value is -3.68. The number of likely N-dealkylation sites (tertiary alicyclic amines) is 1. The van der Waals surface area contributed by atoms with Gasteiger partial charge in [0.1, 0.15) is 22.2 Å². The Kier molecular flexibility index (Phi) is 7.59. The van der Waals surface area contributed by atoms with Crippen molar-refractivity contribution < 1.29 is 30.0 Å². The number of carbonyl (C=O) groups is 2. The molecule has 4 aromatic rings. The van der Waals surface area contributed by atoms with E-state index in [0.29, 0.717) is 30.9 Å². The molecule has 1 saturated carbocycles. The largest absolute Gasteiger partial charge is 0.465 e. The third-order valence-corrected chi connectivity index (χ3v) is 10.7. The van der Waals surface area contributed by atoms with Crippen molar-refractivity contribution >= 4 is 34.7 Å². The molecular formula is C31H32N4O6S2. The highest BCUT2D eigenvalue weighted by molar-refractivity contribution is 7.23. The van der Waals surface area contributed by atoms with Crippen LogP contribution in [0.4, 0.5) is 4.79 Å². The SMILES string of the molecule is C[C@]1(O)C[C@](NC(=O)O)(c2ccc(-c3nc(-c4cnc(C5(O)CCN(C(=O)CO)CC5)s4)sc3-c3ccccc3)cc2)C1. The van der Waals surface area contributed by atoms with Crippen LogP contribution in [0, 0.1) is 0 Å². The first-order chi connectivity index (χ1) is 20.5. The van der Waals surface area contributed by atoms with Crippen molar-refractivity contribution in [2.75, 3.05) is 19.7 Å². The summed E-state index contributed by atoms with van der Waals surface area (Å²) in [6, 6.07) is 17.6. The van der Waals surface area contributed by atoms with Gasteiger partial charge in [0.2, 0.25) is 5.91 Å². The van der Waals surface area contributed by atoms with Crippen molar-refractivity contribution in [2.24, 2.45) is 0 Å². The third-order valence-electron chi connectivity index (χ3n) is 8.28. The van der Waals surface area contributed by atoms with Crippen LogP contribution in [0.2, 0.25) is 0 Å². The predicted octanol–water partition coefficient (Wildman–Crippen LogP) is 4.41. The number of aromatic nitrogens is 2. The molecule has 3 heterocycles. The number of benzene rings is 2. The number of nitrogens with one attached hydrogen (secondary N) is 1. The van der Waals surface area contributed by atoms with Gasteiger partial charge >= 0.3 is 6.09 Å². The van der Waals surface area contributed by atoms with Crippen LogP contribution in [-0.2, 0) is 15.9 Å². The molecule has 6 rings (SSSR count). The van der Waals surface area contributed by atoms with Crippen LogP contribution >= 0.6 is 22.7 Å². The van der Waals surface area contributed by atoms with Crippen LogP contribution in [0.5, 0.6) is 0 Å². The van der Waals surface area contributed by atoms with Gasteiger partial charge in [-0.25, -0.2) is 14.8 Å². The second kappa shape index (κ2) is 11.1. The van der Waals surface area contributed by atoms with E-state index in [1.54, 1.807) is 18.0 Å². The lowest BCUT2D eigenvalue weighted by atomic mass is 9.62. The summed E-state index contributed by atoms with van der Waals surface area (Å²) < 4.78 is 0. The predicted molar refractivity (Wildman–Crippen MR) is 164 cm³/mol. The monoisotopic (exact) mass is 620 g/mol. The summed E-state index contributed by atoms with van der Waals surface area (Å²) in [5.74, 6) is -0.341. The quantitative estimate of drug-likeness (QED) is 0.203. The summed E-state index contributed by atoms with van der Waals surface area (Å²) in [7, 11) is 0. The molecular weight excluding hydrogens is 588 g/mol. The highest BCUT2D eigenvalue weighted by Gasteiger charge is 2.53. The molecule has 224 valence electrons. The molecule has 1 aliphatic heterocycles. The molecule has 1 saturated heterocycles. The number of carbonyl (C=O) groups excluding carboxylic acids is 1. The number of nitrogens with zero attached hydrogens (tertiary/aromatic N) is 3. The average molecular weight is 621 g/mol. The maximum Gasteiger partial charge on any atom is 0.405 e. The van der Waals surface area contributed by atoms with Gasteiger partial charge in [0.05, 0.1) is 26.6 Å². The van der Waals surface area contributed by atoms with Crippen molar-refractivity contribution in [3.8, 4) is 31.6 Å². The molecule has 0 bridgehead atoms. The van der Waals surface area contributed by atoms with Crippen molar-refractivity contribution in [3.63, 3.8) is 0 Å². The van der Waals surface area contributed by atoms with Gasteiger partial charge in [0.15, 0.2) is 0 Å². The number of piperidine rings is 1. The molecule has 2 fully saturated rings. The molecule has 0 spiro atoms. The smallest absolute Gasteiger partial charge is 0.405 e. The number of thiazole rings is 2. The van der Waals surface area contributed by atoms with Gasteiger partial charge < -0.3 is 30.6 Å². The van der Waals surface area contributed by atoms with Crippen LogP contribution in [0.25, 0.3) is 31.6 Å². The van der Waals surface area contributed by atoms with Crippen molar-refractivity contribution in [1.82, 2.24) is 20.2 Å². The maximum atomic E-state index is 11.9. The summed E-state index contributed by atoms with van der Waals surface area (Å²) >= 11 is 2.92. The van der Waals surface area contributed by atoms with Gasteiger partial charge in [-0.3, -0.25) is 4.79 Å². The first-order valence-electron chi connectivity index (χ1n) is 14.0. The summed E-state index contributed by atoms with van der Waals surface area (Å²) in [6.45, 7) is 1.86. The van der Waals surface area contributed by atoms with Crippen LogP contribution in [0.3, 0.4) is 0 Å². The van der Waals surface area contributed by atoms with E-state index in [4.69, 9.17) is 10.1 Å². The highest BCUT2D eigenvalue weighted by Crippen LogP contribution is 2.49. The van der Waals surface area contributed by atoms with Crippen LogP contribution in [-0.4, -0.2) is 72.6 Å². The first kappa shape index (κ1) is 29.4. The van der Waals surface area contributed by atoms with Gasteiger partial charge in [-0.15, -0.1) is 22.7 Å². The van der Waals surface area contributed by atoms with E-state index in [2.05, 4.69) is 10.3 Å². The standard InChI is InChI=1S/C31H32N4O6S2/c1-29(40)17-30(18-29,34-28(38)39)21-9-7-19(8-10-21)24-25(20-5-3-2-4-6-20)43-26(33-24)22-15-32-27(42-22)31(41)11-13-35(14-12-31)23(37)16-36/h2-10,15,34,36,40-41H,11-14,16-18H2,1H3,(H,38,39)/t29-,30+. The number of carboxylic acid groups (broad SMARTS) is 1. The fraction of sp³-hybridized carbons (Fsp3) is 0.355. The Balaban J connectivity index is 1.31. The van der Waals surface area contributed by atoms with Crippen molar-refractivity contribution in [3.05, 3.63) is 71.4 Å². The van der Waals surface area contributed by atoms with E-state index >= 15 is 0 Å². The lowest BCUT2D eigenvalue weighted by Gasteiger charge is -2.51. The summed E-state index contributed by atoms with van der Waals surface area (Å²) in [5.41, 5.74) is 0.514. The molecule has 0 radical (unpaired) electrons. The summed E-state index contributed by atoms with van der Waals surface area (Å²) in [6.07, 6.45) is 1.85. The molecule has 12 heteroatoms. The Labute approximate surface area is 256 Å². The van der Waals surface area contributed by atoms with Gasteiger partial charge in [-0.2, -0.15) is 0 Å². The molecule has 5 N–H and O–H groups in total. The van der Waals surface area contributed by atoms with Crippen molar-refractivity contribution in [2.45, 2.75) is 49.3 Å². The fourth-order valence-corrected chi connectivity index (χ4v) is 8.39. The topological polar surface area (TPSA) is 156 Å². The molecule has 2 aliphatic rings. The zero-order valence-corrected chi connectivity index (χ0v) is 25.1. The number of aliphatic hydroxyl groups excluding tert-OH is 1. The maximum absolute atomic E-state index is 11.9. The summed E-state index contributed by atoms with van der Waals surface area (Å²) in [4.78, 5) is 36.4. The zero-order valence-electron chi connectivity index (χ0n) is 23.5. The van der Waals surface area contributed by atoms with Gasteiger partial charge in [0, 0.05) is 50.5 Å². The zero-order chi connectivity index (χ0) is 30.4. The van der Waals surface area contributed by atoms with E-state index < -0.39 is 29.4 Å². The Morgan fingerprint density at radius 1 is 0.977 bits per heavy atom. The third kappa shape index (κ3) is 5.68. The van der Waals surface area contributed by atoms with E-state index in [1.165, 1.54) is 22.7 Å². The van der Waals surface area contributed by atoms with Crippen LogP contribution in [0.15, 0.2) is 60.8 Å². The molecule has 2 aromatic carbocycles. The molecule has 1 aliphatic carbocycles. The number of hydrogen-bond donors (Lipinski definition) is 5. The molecule has 2 amide bonds. The van der Waals surface area contributed by atoms with E-state index in [0.717, 1.165) is 37.1 Å². The molecule has 10 nitrogen and oxygen atoms in total. The van der Waals surface area contributed by atoms with Crippen LogP contribution in [0.1, 0.15) is 43.2 Å². The van der Waals surface area contributed by atoms with E-state index in [-0.39, 0.29) is 18.7 Å². The Morgan fingerprint density at radius 2 is 1.65 bits per heavy atom. The number of aliphatic hydroxyl groups is 3. The number of hydrogen-bond acceptors (Lipinski definition) is 9. The Morgan fingerprint density at radius 3 is 2.26 bits per heavy atom. The van der Waals surface area contributed by atoms with Gasteiger partial charge in [0.25, 0.3) is 0 Å². The minimum Gasteiger partial charge on any atom is -0.465 e. The highest BCUT2D eigenvalue weighted by atomic mass is 32.1. The lowest BCUT2D eigenvalue weighted by molar-refractivity contribution is -0.138. The number of amides is 2. The lowest BCUT2D eigenvalue weighted by Crippen LogP contribution is -2.61. The minimum atomic E-state index is -1.15.